The van der Waals surface area contributed by atoms with Gasteiger partial charge in [-0.2, -0.15) is 13.2 Å². The van der Waals surface area contributed by atoms with Gasteiger partial charge >= 0.3 is 12.1 Å². The van der Waals surface area contributed by atoms with Gasteiger partial charge < -0.3 is 14.3 Å². The number of ether oxygens (including phenoxy) is 1. The molecule has 0 aliphatic rings. The van der Waals surface area contributed by atoms with Gasteiger partial charge in [0.1, 0.15) is 17.7 Å². The summed E-state index contributed by atoms with van der Waals surface area (Å²) < 4.78 is 50.3. The van der Waals surface area contributed by atoms with Crippen molar-refractivity contribution in [3.05, 3.63) is 71.8 Å². The van der Waals surface area contributed by atoms with E-state index in [9.17, 15) is 18.0 Å². The van der Waals surface area contributed by atoms with Crippen molar-refractivity contribution in [1.29, 1.82) is 0 Å². The van der Waals surface area contributed by atoms with E-state index in [1.54, 1.807) is 24.3 Å². The van der Waals surface area contributed by atoms with Gasteiger partial charge in [-0.05, 0) is 30.2 Å². The van der Waals surface area contributed by atoms with E-state index >= 15 is 0 Å². The zero-order valence-electron chi connectivity index (χ0n) is 15.3. The number of nitrogens with zero attached hydrogens (tertiary/aromatic N) is 1. The zero-order chi connectivity index (χ0) is 20.9. The van der Waals surface area contributed by atoms with E-state index in [4.69, 9.17) is 14.3 Å². The molecule has 0 bridgehead atoms. The predicted octanol–water partition coefficient (Wildman–Crippen LogP) is 5.00. The molecule has 8 heteroatoms. The van der Waals surface area contributed by atoms with Crippen molar-refractivity contribution >= 4 is 5.97 Å². The van der Waals surface area contributed by atoms with Crippen LogP contribution in [0.2, 0.25) is 0 Å². The summed E-state index contributed by atoms with van der Waals surface area (Å²) in [5, 5.41) is 8.82. The third kappa shape index (κ3) is 5.60. The number of alkyl halides is 3. The Kier molecular flexibility index (Phi) is 6.21. The molecule has 1 heterocycles. The summed E-state index contributed by atoms with van der Waals surface area (Å²) in [5.41, 5.74) is -0.0168. The van der Waals surface area contributed by atoms with E-state index in [1.165, 1.54) is 24.5 Å². The summed E-state index contributed by atoms with van der Waals surface area (Å²) in [5.74, 6) is -0.0508. The van der Waals surface area contributed by atoms with E-state index in [0.717, 1.165) is 6.07 Å². The van der Waals surface area contributed by atoms with Crippen molar-refractivity contribution in [2.45, 2.75) is 25.4 Å². The number of aromatic nitrogens is 1. The zero-order valence-corrected chi connectivity index (χ0v) is 15.3. The highest BCUT2D eigenvalue weighted by atomic mass is 19.4. The van der Waals surface area contributed by atoms with Crippen LogP contribution in [0.5, 0.6) is 5.75 Å². The molecule has 5 nitrogen and oxygen atoms in total. The Hall–Kier alpha value is -3.29. The molecule has 152 valence electrons. The maximum Gasteiger partial charge on any atom is 0.417 e. The first-order valence-corrected chi connectivity index (χ1v) is 8.87. The molecule has 1 aromatic heterocycles. The number of oxazole rings is 1. The molecule has 3 aromatic rings. The third-order valence-corrected chi connectivity index (χ3v) is 4.12. The fourth-order valence-corrected chi connectivity index (χ4v) is 2.84. The average Bonchev–Trinajstić information content (AvgIpc) is 3.13. The van der Waals surface area contributed by atoms with Crippen molar-refractivity contribution in [2.75, 3.05) is 6.61 Å². The van der Waals surface area contributed by atoms with Crippen LogP contribution in [0.1, 0.15) is 23.4 Å². The Bertz CT molecular complexity index is 982. The maximum atomic E-state index is 13.1. The van der Waals surface area contributed by atoms with Gasteiger partial charge in [0.25, 0.3) is 0 Å². The van der Waals surface area contributed by atoms with Crippen LogP contribution in [0, 0.1) is 0 Å². The van der Waals surface area contributed by atoms with E-state index in [2.05, 4.69) is 4.98 Å². The van der Waals surface area contributed by atoms with Gasteiger partial charge in [-0.15, -0.1) is 0 Å². The Balaban J connectivity index is 1.56. The molecule has 0 unspecified atom stereocenters. The molecule has 29 heavy (non-hydrogen) atoms. The second-order valence-corrected chi connectivity index (χ2v) is 6.34. The number of rotatable bonds is 8. The van der Waals surface area contributed by atoms with Crippen LogP contribution in [0.25, 0.3) is 11.3 Å². The maximum absolute atomic E-state index is 13.1. The van der Waals surface area contributed by atoms with Gasteiger partial charge in [-0.1, -0.05) is 30.3 Å². The smallest absolute Gasteiger partial charge is 0.417 e. The number of halogens is 3. The Labute approximate surface area is 164 Å². The summed E-state index contributed by atoms with van der Waals surface area (Å²) in [6, 6.07) is 12.0. The molecule has 2 aromatic carbocycles. The van der Waals surface area contributed by atoms with Crippen molar-refractivity contribution in [3.63, 3.8) is 0 Å². The second kappa shape index (κ2) is 8.81. The number of carbonyl (C=O) groups is 1. The molecule has 3 rings (SSSR count). The summed E-state index contributed by atoms with van der Waals surface area (Å²) in [6.07, 6.45) is -2.42. The fourth-order valence-electron chi connectivity index (χ4n) is 2.84. The normalized spacial score (nSPS) is 11.4. The highest BCUT2D eigenvalue weighted by Crippen LogP contribution is 2.36. The van der Waals surface area contributed by atoms with Crippen molar-refractivity contribution in [2.24, 2.45) is 0 Å². The second-order valence-electron chi connectivity index (χ2n) is 6.34. The monoisotopic (exact) mass is 405 g/mol. The average molecular weight is 405 g/mol. The molecule has 0 spiro atoms. The van der Waals surface area contributed by atoms with Crippen molar-refractivity contribution in [3.8, 4) is 17.0 Å². The van der Waals surface area contributed by atoms with Crippen LogP contribution in [-0.4, -0.2) is 22.7 Å². The van der Waals surface area contributed by atoms with Gasteiger partial charge in [0, 0.05) is 12.0 Å². The van der Waals surface area contributed by atoms with Gasteiger partial charge in [0.2, 0.25) is 0 Å². The summed E-state index contributed by atoms with van der Waals surface area (Å²) >= 11 is 0. The van der Waals surface area contributed by atoms with Crippen LogP contribution in [0.4, 0.5) is 13.2 Å². The minimum Gasteiger partial charge on any atom is -0.494 e. The number of aryl methyl sites for hydroxylation is 1. The Morgan fingerprint density at radius 1 is 1.14 bits per heavy atom. The van der Waals surface area contributed by atoms with Crippen LogP contribution in [0.15, 0.2) is 59.2 Å². The van der Waals surface area contributed by atoms with Gasteiger partial charge in [0.05, 0.1) is 18.6 Å². The topological polar surface area (TPSA) is 72.6 Å². The first kappa shape index (κ1) is 20.4. The minimum absolute atomic E-state index is 0.0264. The first-order chi connectivity index (χ1) is 13.8. The third-order valence-electron chi connectivity index (χ3n) is 4.12. The summed E-state index contributed by atoms with van der Waals surface area (Å²) in [6.45, 7) is 0.327. The Morgan fingerprint density at radius 3 is 2.69 bits per heavy atom. The lowest BCUT2D eigenvalue weighted by molar-refractivity contribution is -0.137. The van der Waals surface area contributed by atoms with Gasteiger partial charge in [-0.3, -0.25) is 4.79 Å². The number of benzene rings is 2. The molecule has 0 saturated carbocycles. The lowest BCUT2D eigenvalue weighted by Crippen LogP contribution is -2.07. The predicted molar refractivity (Wildman–Crippen MR) is 98.5 cm³/mol. The number of hydrogen-bond donors (Lipinski definition) is 1. The minimum atomic E-state index is -4.47. The molecular weight excluding hydrogens is 387 g/mol. The van der Waals surface area contributed by atoms with Crippen molar-refractivity contribution < 1.29 is 32.2 Å². The number of carboxylic acid groups (broad SMARTS) is 1. The quantitative estimate of drug-likeness (QED) is 0.534. The molecule has 0 radical (unpaired) electrons. The van der Waals surface area contributed by atoms with Crippen molar-refractivity contribution in [1.82, 2.24) is 4.98 Å². The standard InChI is InChI=1S/C21H18F3NO4/c22-21(23,24)17-8-2-1-7-16(17)18-13-29-19(25-18)9-4-10-28-15-6-3-5-14(11-15)12-20(26)27/h1-3,5-8,11,13H,4,9-10,12H2,(H,26,27). The van der Waals surface area contributed by atoms with Crippen LogP contribution < -0.4 is 4.74 Å². The summed E-state index contributed by atoms with van der Waals surface area (Å²) in [4.78, 5) is 14.9. The molecule has 0 atom stereocenters. The van der Waals surface area contributed by atoms with Gasteiger partial charge in [-0.25, -0.2) is 4.98 Å². The largest absolute Gasteiger partial charge is 0.494 e. The van der Waals surface area contributed by atoms with E-state index in [0.29, 0.717) is 36.7 Å². The highest BCUT2D eigenvalue weighted by Gasteiger charge is 2.34. The molecule has 0 aliphatic carbocycles. The molecular formula is C21H18F3NO4. The molecule has 0 saturated heterocycles. The Morgan fingerprint density at radius 2 is 1.93 bits per heavy atom. The van der Waals surface area contributed by atoms with Crippen LogP contribution in [0.3, 0.4) is 0 Å². The van der Waals surface area contributed by atoms with Crippen LogP contribution >= 0.6 is 0 Å². The lowest BCUT2D eigenvalue weighted by Gasteiger charge is -2.10. The molecule has 0 amide bonds. The number of carboxylic acids is 1. The first-order valence-electron chi connectivity index (χ1n) is 8.87. The molecule has 0 aliphatic heterocycles. The fraction of sp³-hybridized carbons (Fsp3) is 0.238. The van der Waals surface area contributed by atoms with E-state index < -0.39 is 17.7 Å². The SMILES string of the molecule is O=C(O)Cc1cccc(OCCCc2nc(-c3ccccc3C(F)(F)F)co2)c1. The molecule has 1 N–H and O–H groups in total. The van der Waals surface area contributed by atoms with Crippen LogP contribution in [-0.2, 0) is 23.8 Å². The van der Waals surface area contributed by atoms with E-state index in [1.807, 2.05) is 0 Å². The van der Waals surface area contributed by atoms with E-state index in [-0.39, 0.29) is 17.7 Å². The number of hydrogen-bond acceptors (Lipinski definition) is 4. The highest BCUT2D eigenvalue weighted by molar-refractivity contribution is 5.70. The number of aliphatic carboxylic acids is 1. The van der Waals surface area contributed by atoms with Gasteiger partial charge in [0.15, 0.2) is 5.89 Å². The summed E-state index contributed by atoms with van der Waals surface area (Å²) in [7, 11) is 0. The molecule has 0 fully saturated rings. The lowest BCUT2D eigenvalue weighted by atomic mass is 10.1.